The van der Waals surface area contributed by atoms with Gasteiger partial charge in [0.05, 0.1) is 5.56 Å². The van der Waals surface area contributed by atoms with Crippen LogP contribution in [0.15, 0.2) is 36.5 Å². The van der Waals surface area contributed by atoms with Crippen molar-refractivity contribution < 1.29 is 0 Å². The van der Waals surface area contributed by atoms with Gasteiger partial charge in [-0.25, -0.2) is 4.98 Å². The summed E-state index contributed by atoms with van der Waals surface area (Å²) in [5.41, 5.74) is 4.41. The second-order valence-corrected chi connectivity index (χ2v) is 4.98. The number of aromatic nitrogens is 1. The van der Waals surface area contributed by atoms with Gasteiger partial charge in [0.15, 0.2) is 0 Å². The smallest absolute Gasteiger partial charge is 0.144 e. The molecule has 3 heteroatoms. The maximum atomic E-state index is 9.22. The number of nitrogens with one attached hydrogen (secondary N) is 1. The van der Waals surface area contributed by atoms with Gasteiger partial charge >= 0.3 is 0 Å². The van der Waals surface area contributed by atoms with E-state index in [9.17, 15) is 5.26 Å². The predicted molar refractivity (Wildman–Crippen MR) is 74.9 cm³/mol. The number of aryl methyl sites for hydroxylation is 1. The summed E-state index contributed by atoms with van der Waals surface area (Å²) >= 11 is 0. The maximum Gasteiger partial charge on any atom is 0.144 e. The second kappa shape index (κ2) is 4.74. The fourth-order valence-electron chi connectivity index (χ4n) is 2.66. The van der Waals surface area contributed by atoms with Crippen LogP contribution in [0.1, 0.15) is 22.3 Å². The molecule has 1 aliphatic carbocycles. The summed E-state index contributed by atoms with van der Waals surface area (Å²) in [6.07, 6.45) is 3.74. The number of hydrogen-bond donors (Lipinski definition) is 1. The highest BCUT2D eigenvalue weighted by Crippen LogP contribution is 2.25. The van der Waals surface area contributed by atoms with Crippen LogP contribution in [0, 0.1) is 18.3 Å². The van der Waals surface area contributed by atoms with Crippen molar-refractivity contribution in [1.29, 1.82) is 5.26 Å². The Hall–Kier alpha value is -2.34. The van der Waals surface area contributed by atoms with E-state index in [0.717, 1.165) is 18.4 Å². The number of anilines is 1. The average Bonchev–Trinajstić information content (AvgIpc) is 2.81. The number of hydrogen-bond acceptors (Lipinski definition) is 3. The Balaban J connectivity index is 1.82. The number of benzene rings is 1. The minimum atomic E-state index is 0.332. The molecule has 1 heterocycles. The van der Waals surface area contributed by atoms with E-state index in [0.29, 0.717) is 17.4 Å². The van der Waals surface area contributed by atoms with E-state index in [1.54, 1.807) is 6.20 Å². The highest BCUT2D eigenvalue weighted by molar-refractivity contribution is 5.56. The van der Waals surface area contributed by atoms with Crippen LogP contribution in [0.2, 0.25) is 0 Å². The Kier molecular flexibility index (Phi) is 2.92. The lowest BCUT2D eigenvalue weighted by Gasteiger charge is -2.14. The summed E-state index contributed by atoms with van der Waals surface area (Å²) < 4.78 is 0. The van der Waals surface area contributed by atoms with Gasteiger partial charge < -0.3 is 5.32 Å². The normalized spacial score (nSPS) is 13.9. The Bertz CT molecular complexity index is 630. The van der Waals surface area contributed by atoms with Gasteiger partial charge in [0.2, 0.25) is 0 Å². The van der Waals surface area contributed by atoms with Crippen molar-refractivity contribution >= 4 is 5.82 Å². The summed E-state index contributed by atoms with van der Waals surface area (Å²) in [6, 6.07) is 12.9. The summed E-state index contributed by atoms with van der Waals surface area (Å²) in [6.45, 7) is 1.94. The van der Waals surface area contributed by atoms with Crippen molar-refractivity contribution in [3.8, 4) is 6.07 Å². The third kappa shape index (κ3) is 2.17. The first-order valence-electron chi connectivity index (χ1n) is 6.47. The number of nitriles is 1. The van der Waals surface area contributed by atoms with Crippen LogP contribution < -0.4 is 5.32 Å². The molecular weight excluding hydrogens is 234 g/mol. The van der Waals surface area contributed by atoms with E-state index in [-0.39, 0.29) is 0 Å². The molecule has 0 spiro atoms. The number of pyridine rings is 1. The third-order valence-electron chi connectivity index (χ3n) is 3.66. The van der Waals surface area contributed by atoms with Gasteiger partial charge in [-0.05, 0) is 42.5 Å². The van der Waals surface area contributed by atoms with Gasteiger partial charge in [-0.3, -0.25) is 0 Å². The van der Waals surface area contributed by atoms with Crippen LogP contribution in [-0.4, -0.2) is 11.0 Å². The monoisotopic (exact) mass is 249 g/mol. The predicted octanol–water partition coefficient (Wildman–Crippen LogP) is 2.84. The van der Waals surface area contributed by atoms with Gasteiger partial charge in [-0.15, -0.1) is 0 Å². The second-order valence-electron chi connectivity index (χ2n) is 4.98. The van der Waals surface area contributed by atoms with Gasteiger partial charge in [0, 0.05) is 12.2 Å². The molecule has 1 N–H and O–H groups in total. The highest BCUT2D eigenvalue weighted by Gasteiger charge is 2.22. The van der Waals surface area contributed by atoms with Crippen molar-refractivity contribution in [1.82, 2.24) is 4.98 Å². The molecule has 1 aromatic carbocycles. The van der Waals surface area contributed by atoms with E-state index in [1.807, 2.05) is 13.0 Å². The highest BCUT2D eigenvalue weighted by atomic mass is 15.0. The quantitative estimate of drug-likeness (QED) is 0.890. The summed E-state index contributed by atoms with van der Waals surface area (Å²) in [4.78, 5) is 4.30. The SMILES string of the molecule is Cc1ccnc(NC2Cc3ccccc3C2)c1C#N. The van der Waals surface area contributed by atoms with Crippen LogP contribution in [0.5, 0.6) is 0 Å². The Morgan fingerprint density at radius 1 is 1.21 bits per heavy atom. The molecule has 0 saturated heterocycles. The van der Waals surface area contributed by atoms with Crippen molar-refractivity contribution in [3.05, 3.63) is 58.8 Å². The van der Waals surface area contributed by atoms with Crippen LogP contribution in [0.25, 0.3) is 0 Å². The molecule has 0 bridgehead atoms. The van der Waals surface area contributed by atoms with Gasteiger partial charge in [-0.2, -0.15) is 5.26 Å². The number of rotatable bonds is 2. The molecule has 0 unspecified atom stereocenters. The summed E-state index contributed by atoms with van der Waals surface area (Å²) in [5.74, 6) is 0.709. The first kappa shape index (κ1) is 11.7. The van der Waals surface area contributed by atoms with E-state index in [1.165, 1.54) is 11.1 Å². The lowest BCUT2D eigenvalue weighted by atomic mass is 10.1. The molecule has 1 aliphatic rings. The maximum absolute atomic E-state index is 9.22. The van der Waals surface area contributed by atoms with Crippen molar-refractivity contribution in [3.63, 3.8) is 0 Å². The largest absolute Gasteiger partial charge is 0.366 e. The first-order chi connectivity index (χ1) is 9.28. The fourth-order valence-corrected chi connectivity index (χ4v) is 2.66. The molecule has 94 valence electrons. The van der Waals surface area contributed by atoms with E-state index in [2.05, 4.69) is 40.6 Å². The van der Waals surface area contributed by atoms with Gasteiger partial charge in [0.1, 0.15) is 11.9 Å². The summed E-state index contributed by atoms with van der Waals surface area (Å²) in [5, 5.41) is 12.6. The Morgan fingerprint density at radius 3 is 2.53 bits per heavy atom. The standard InChI is InChI=1S/C16H15N3/c1-11-6-7-18-16(15(11)10-17)19-14-8-12-4-2-3-5-13(12)9-14/h2-7,14H,8-9H2,1H3,(H,18,19). The van der Waals surface area contributed by atoms with Gasteiger partial charge in [-0.1, -0.05) is 24.3 Å². The van der Waals surface area contributed by atoms with Crippen molar-refractivity contribution in [2.45, 2.75) is 25.8 Å². The molecule has 0 aliphatic heterocycles. The molecule has 0 atom stereocenters. The topological polar surface area (TPSA) is 48.7 Å². The number of nitrogens with zero attached hydrogens (tertiary/aromatic N) is 2. The minimum Gasteiger partial charge on any atom is -0.366 e. The Morgan fingerprint density at radius 2 is 1.89 bits per heavy atom. The molecule has 0 radical (unpaired) electrons. The molecule has 0 amide bonds. The fraction of sp³-hybridized carbons (Fsp3) is 0.250. The molecule has 3 rings (SSSR count). The van der Waals surface area contributed by atoms with Crippen LogP contribution in [0.3, 0.4) is 0 Å². The van der Waals surface area contributed by atoms with Crippen molar-refractivity contribution in [2.24, 2.45) is 0 Å². The zero-order valence-corrected chi connectivity index (χ0v) is 10.9. The van der Waals surface area contributed by atoms with E-state index in [4.69, 9.17) is 0 Å². The molecule has 0 fully saturated rings. The summed E-state index contributed by atoms with van der Waals surface area (Å²) in [7, 11) is 0. The molecule has 2 aromatic rings. The third-order valence-corrected chi connectivity index (χ3v) is 3.66. The molecule has 0 saturated carbocycles. The van der Waals surface area contributed by atoms with Crippen LogP contribution in [-0.2, 0) is 12.8 Å². The molecular formula is C16H15N3. The van der Waals surface area contributed by atoms with Gasteiger partial charge in [0.25, 0.3) is 0 Å². The molecule has 1 aromatic heterocycles. The first-order valence-corrected chi connectivity index (χ1v) is 6.47. The van der Waals surface area contributed by atoms with Crippen LogP contribution in [0.4, 0.5) is 5.82 Å². The average molecular weight is 249 g/mol. The zero-order chi connectivity index (χ0) is 13.2. The van der Waals surface area contributed by atoms with E-state index < -0.39 is 0 Å². The molecule has 19 heavy (non-hydrogen) atoms. The van der Waals surface area contributed by atoms with Crippen molar-refractivity contribution in [2.75, 3.05) is 5.32 Å². The number of fused-ring (bicyclic) bond motifs is 1. The minimum absolute atomic E-state index is 0.332. The lowest BCUT2D eigenvalue weighted by Crippen LogP contribution is -2.21. The molecule has 3 nitrogen and oxygen atoms in total. The zero-order valence-electron chi connectivity index (χ0n) is 10.9. The van der Waals surface area contributed by atoms with Crippen LogP contribution >= 0.6 is 0 Å². The lowest BCUT2D eigenvalue weighted by molar-refractivity contribution is 0.768. The Labute approximate surface area is 112 Å². The van der Waals surface area contributed by atoms with E-state index >= 15 is 0 Å².